The van der Waals surface area contributed by atoms with Crippen LogP contribution in [0.15, 0.2) is 54.2 Å². The van der Waals surface area contributed by atoms with Crippen molar-refractivity contribution in [2.75, 3.05) is 0 Å². The van der Waals surface area contributed by atoms with Crippen LogP contribution in [0, 0.1) is 0 Å². The fraction of sp³-hybridized carbons (Fsp3) is 0.263. The Bertz CT molecular complexity index is 729. The molecule has 0 N–H and O–H groups in total. The first kappa shape index (κ1) is 18.5. The summed E-state index contributed by atoms with van der Waals surface area (Å²) >= 11 is 12.1. The van der Waals surface area contributed by atoms with E-state index in [4.69, 9.17) is 23.2 Å². The number of allylic oxidation sites excluding steroid dienone is 1. The van der Waals surface area contributed by atoms with Gasteiger partial charge in [0, 0.05) is 18.3 Å². The highest BCUT2D eigenvalue weighted by atomic mass is 35.5. The van der Waals surface area contributed by atoms with Gasteiger partial charge in [-0.15, -0.1) is 0 Å². The minimum Gasteiger partial charge on any atom is -0.329 e. The van der Waals surface area contributed by atoms with Gasteiger partial charge < -0.3 is 4.90 Å². The molecule has 1 amide bonds. The zero-order valence-corrected chi connectivity index (χ0v) is 15.3. The molecule has 0 radical (unpaired) electrons. The molecule has 0 aliphatic carbocycles. The Hall–Kier alpha value is -1.84. The molecule has 0 saturated carbocycles. The van der Waals surface area contributed by atoms with E-state index < -0.39 is 0 Å². The molecule has 0 aliphatic rings. The van der Waals surface area contributed by atoms with Crippen LogP contribution < -0.4 is 0 Å². The number of halogens is 2. The van der Waals surface area contributed by atoms with Crippen LogP contribution in [-0.4, -0.2) is 15.8 Å². The SMILES string of the molecule is CC/C=C(\C)C(=O)N(Cc1ccc(Cl)c(Cl)c1)Cc1ccccn1. The molecule has 0 fully saturated rings. The predicted molar refractivity (Wildman–Crippen MR) is 99.0 cm³/mol. The molecule has 0 unspecified atom stereocenters. The molecule has 1 aromatic carbocycles. The lowest BCUT2D eigenvalue weighted by Crippen LogP contribution is -2.31. The van der Waals surface area contributed by atoms with Crippen molar-refractivity contribution in [1.82, 2.24) is 9.88 Å². The topological polar surface area (TPSA) is 33.2 Å². The third-order valence-corrected chi connectivity index (χ3v) is 4.31. The van der Waals surface area contributed by atoms with Gasteiger partial charge in [0.2, 0.25) is 5.91 Å². The summed E-state index contributed by atoms with van der Waals surface area (Å²) in [6.45, 7) is 4.74. The van der Waals surface area contributed by atoms with Crippen LogP contribution in [0.3, 0.4) is 0 Å². The van der Waals surface area contributed by atoms with Gasteiger partial charge in [-0.3, -0.25) is 9.78 Å². The normalized spacial score (nSPS) is 11.4. The van der Waals surface area contributed by atoms with Crippen LogP contribution in [0.4, 0.5) is 0 Å². The minimum absolute atomic E-state index is 0.00595. The molecule has 1 aromatic heterocycles. The monoisotopic (exact) mass is 362 g/mol. The van der Waals surface area contributed by atoms with Gasteiger partial charge in [0.05, 0.1) is 22.3 Å². The second-order valence-corrected chi connectivity index (χ2v) is 6.34. The average Bonchev–Trinajstić information content (AvgIpc) is 2.58. The minimum atomic E-state index is -0.00595. The first-order valence-corrected chi connectivity index (χ1v) is 8.56. The second kappa shape index (κ2) is 8.86. The number of carbonyl (C=O) groups excluding carboxylic acids is 1. The van der Waals surface area contributed by atoms with E-state index in [0.717, 1.165) is 23.3 Å². The molecule has 0 bridgehead atoms. The molecule has 1 heterocycles. The van der Waals surface area contributed by atoms with Crippen molar-refractivity contribution < 1.29 is 4.79 Å². The lowest BCUT2D eigenvalue weighted by Gasteiger charge is -2.23. The Kier molecular flexibility index (Phi) is 6.83. The van der Waals surface area contributed by atoms with Crippen molar-refractivity contribution in [2.45, 2.75) is 33.4 Å². The molecular weight excluding hydrogens is 343 g/mol. The maximum Gasteiger partial charge on any atom is 0.249 e. The lowest BCUT2D eigenvalue weighted by atomic mass is 10.1. The molecule has 24 heavy (non-hydrogen) atoms. The number of aromatic nitrogens is 1. The van der Waals surface area contributed by atoms with Gasteiger partial charge in [-0.1, -0.05) is 48.3 Å². The molecule has 126 valence electrons. The molecule has 0 saturated heterocycles. The van der Waals surface area contributed by atoms with Crippen molar-refractivity contribution in [1.29, 1.82) is 0 Å². The zero-order chi connectivity index (χ0) is 17.5. The van der Waals surface area contributed by atoms with Gasteiger partial charge in [-0.2, -0.15) is 0 Å². The first-order valence-electron chi connectivity index (χ1n) is 7.81. The van der Waals surface area contributed by atoms with Crippen LogP contribution in [0.25, 0.3) is 0 Å². The van der Waals surface area contributed by atoms with Crippen LogP contribution >= 0.6 is 23.2 Å². The number of amides is 1. The van der Waals surface area contributed by atoms with Crippen LogP contribution in [0.1, 0.15) is 31.5 Å². The van der Waals surface area contributed by atoms with Gasteiger partial charge in [0.25, 0.3) is 0 Å². The van der Waals surface area contributed by atoms with E-state index in [9.17, 15) is 4.79 Å². The Morgan fingerprint density at radius 2 is 1.96 bits per heavy atom. The third kappa shape index (κ3) is 5.08. The van der Waals surface area contributed by atoms with Gasteiger partial charge in [0.15, 0.2) is 0 Å². The third-order valence-electron chi connectivity index (χ3n) is 3.57. The van der Waals surface area contributed by atoms with E-state index in [-0.39, 0.29) is 5.91 Å². The summed E-state index contributed by atoms with van der Waals surface area (Å²) in [4.78, 5) is 18.9. The summed E-state index contributed by atoms with van der Waals surface area (Å²) in [5.41, 5.74) is 2.50. The number of nitrogens with zero attached hydrogens (tertiary/aromatic N) is 2. The highest BCUT2D eigenvalue weighted by molar-refractivity contribution is 6.42. The number of rotatable bonds is 6. The van der Waals surface area contributed by atoms with Gasteiger partial charge in [-0.25, -0.2) is 0 Å². The van der Waals surface area contributed by atoms with E-state index >= 15 is 0 Å². The standard InChI is InChI=1S/C19H20Cl2N2O/c1-3-6-14(2)19(24)23(13-16-7-4-5-10-22-16)12-15-8-9-17(20)18(21)11-15/h4-11H,3,12-13H2,1-2H3/b14-6+. The maximum absolute atomic E-state index is 12.8. The Labute approximate surface area is 152 Å². The number of hydrogen-bond acceptors (Lipinski definition) is 2. The second-order valence-electron chi connectivity index (χ2n) is 5.53. The Morgan fingerprint density at radius 3 is 2.58 bits per heavy atom. The molecule has 2 aromatic rings. The summed E-state index contributed by atoms with van der Waals surface area (Å²) in [5, 5.41) is 0.991. The predicted octanol–water partition coefficient (Wildman–Crippen LogP) is 5.27. The summed E-state index contributed by atoms with van der Waals surface area (Å²) in [6, 6.07) is 11.1. The van der Waals surface area contributed by atoms with Crippen LogP contribution in [0.5, 0.6) is 0 Å². The van der Waals surface area contributed by atoms with Crippen molar-refractivity contribution in [3.8, 4) is 0 Å². The van der Waals surface area contributed by atoms with Crippen molar-refractivity contribution in [3.05, 3.63) is 75.5 Å². The average molecular weight is 363 g/mol. The molecule has 2 rings (SSSR count). The highest BCUT2D eigenvalue weighted by Gasteiger charge is 2.17. The summed E-state index contributed by atoms with van der Waals surface area (Å²) in [7, 11) is 0. The molecule has 0 atom stereocenters. The largest absolute Gasteiger partial charge is 0.329 e. The van der Waals surface area contributed by atoms with Gasteiger partial charge >= 0.3 is 0 Å². The lowest BCUT2D eigenvalue weighted by molar-refractivity contribution is -0.128. The fourth-order valence-corrected chi connectivity index (χ4v) is 2.71. The van der Waals surface area contributed by atoms with E-state index in [1.54, 1.807) is 23.2 Å². The smallest absolute Gasteiger partial charge is 0.249 e. The van der Waals surface area contributed by atoms with Crippen LogP contribution in [0.2, 0.25) is 10.0 Å². The maximum atomic E-state index is 12.8. The van der Waals surface area contributed by atoms with Crippen molar-refractivity contribution in [3.63, 3.8) is 0 Å². The van der Waals surface area contributed by atoms with E-state index in [1.807, 2.05) is 44.2 Å². The van der Waals surface area contributed by atoms with E-state index in [1.165, 1.54) is 0 Å². The zero-order valence-electron chi connectivity index (χ0n) is 13.8. The summed E-state index contributed by atoms with van der Waals surface area (Å²) < 4.78 is 0. The number of carbonyl (C=O) groups is 1. The van der Waals surface area contributed by atoms with Gasteiger partial charge in [-0.05, 0) is 43.2 Å². The van der Waals surface area contributed by atoms with E-state index in [0.29, 0.717) is 23.1 Å². The first-order chi connectivity index (χ1) is 11.5. The Balaban J connectivity index is 2.26. The molecule has 3 nitrogen and oxygen atoms in total. The molecular formula is C19H20Cl2N2O. The molecule has 0 spiro atoms. The number of pyridine rings is 1. The summed E-state index contributed by atoms with van der Waals surface area (Å²) in [5.74, 6) is -0.00595. The number of benzene rings is 1. The fourth-order valence-electron chi connectivity index (χ4n) is 2.39. The van der Waals surface area contributed by atoms with Crippen LogP contribution in [-0.2, 0) is 17.9 Å². The number of hydrogen-bond donors (Lipinski definition) is 0. The summed E-state index contributed by atoms with van der Waals surface area (Å²) in [6.07, 6.45) is 4.48. The molecule has 0 aliphatic heterocycles. The highest BCUT2D eigenvalue weighted by Crippen LogP contribution is 2.24. The van der Waals surface area contributed by atoms with Crippen molar-refractivity contribution >= 4 is 29.1 Å². The molecule has 5 heteroatoms. The van der Waals surface area contributed by atoms with Crippen molar-refractivity contribution in [2.24, 2.45) is 0 Å². The Morgan fingerprint density at radius 1 is 1.17 bits per heavy atom. The van der Waals surface area contributed by atoms with E-state index in [2.05, 4.69) is 4.98 Å². The van der Waals surface area contributed by atoms with Gasteiger partial charge in [0.1, 0.15) is 0 Å². The quantitative estimate of drug-likeness (QED) is 0.655.